The quantitative estimate of drug-likeness (QED) is 0.0287. The van der Waals surface area contributed by atoms with Gasteiger partial charge in [-0.15, -0.1) is 0 Å². The Kier molecular flexibility index (Phi) is 17.1. The summed E-state index contributed by atoms with van der Waals surface area (Å²) in [7, 11) is 0. The molecule has 8 bridgehead atoms. The van der Waals surface area contributed by atoms with Gasteiger partial charge in [-0.3, -0.25) is 5.43 Å². The lowest BCUT2D eigenvalue weighted by atomic mass is 9.98. The molecule has 5 heterocycles. The fraction of sp³-hybridized carbons (Fsp3) is 0. The molecule has 0 unspecified atom stereocenters. The fourth-order valence-electron chi connectivity index (χ4n) is 13.6. The van der Waals surface area contributed by atoms with Gasteiger partial charge in [-0.2, -0.15) is 0 Å². The molecule has 2 aliphatic heterocycles. The van der Waals surface area contributed by atoms with E-state index < -0.39 is 46.4 Å². The minimum absolute atomic E-state index is 0.0140. The molecule has 0 amide bonds. The van der Waals surface area contributed by atoms with Crippen LogP contribution in [0.1, 0.15) is 0 Å². The molecule has 0 saturated carbocycles. The lowest BCUT2D eigenvalue weighted by molar-refractivity contribution is 0.449. The zero-order valence-electron chi connectivity index (χ0n) is 57.3. The number of aromatic nitrogens is 8. The molecule has 0 spiro atoms. The van der Waals surface area contributed by atoms with Crippen molar-refractivity contribution in [2.24, 2.45) is 0 Å². The number of H-pyrrole nitrogens is 1. The molecule has 24 heteroatoms. The molecule has 0 saturated heterocycles. The van der Waals surface area contributed by atoms with Crippen molar-refractivity contribution < 1.29 is 30.7 Å². The van der Waals surface area contributed by atoms with Crippen molar-refractivity contribution in [1.29, 1.82) is 0 Å². The van der Waals surface area contributed by atoms with Crippen LogP contribution in [0.15, 0.2) is 279 Å². The smallest absolute Gasteiger partial charge is 0.196 e. The zero-order chi connectivity index (χ0) is 74.5. The summed E-state index contributed by atoms with van der Waals surface area (Å²) in [6.07, 6.45) is 0. The lowest BCUT2D eigenvalue weighted by Crippen LogP contribution is -2.11. The number of rotatable bonds is 18. The number of nitrogens with zero attached hydrogens (tertiary/aromatic N) is 7. The van der Waals surface area contributed by atoms with Crippen LogP contribution in [-0.4, -0.2) is 39.6 Å². The number of benzene rings is 13. The summed E-state index contributed by atoms with van der Waals surface area (Å²) in [5.41, 5.74) is 9.68. The maximum absolute atomic E-state index is 17.2. The molecular weight excluding hydrogens is 1400 g/mol. The molecule has 16 aromatic rings. The van der Waals surface area contributed by atoms with Crippen molar-refractivity contribution in [2.45, 2.75) is 0 Å². The van der Waals surface area contributed by atoms with Gasteiger partial charge in [0.15, 0.2) is 52.0 Å². The predicted octanol–water partition coefficient (Wildman–Crippen LogP) is 23.1. The Labute approximate surface area is 621 Å². The Hall–Kier alpha value is -15.1. The molecular formula is C86H56F7N17. The molecule has 534 valence electrons. The molecule has 0 aliphatic carbocycles. The Morgan fingerprint density at radius 3 is 1.12 bits per heavy atom. The highest BCUT2D eigenvalue weighted by Gasteiger charge is 2.36. The molecule has 13 aromatic carbocycles. The maximum Gasteiger partial charge on any atom is 0.196 e. The van der Waals surface area contributed by atoms with E-state index in [4.69, 9.17) is 29.9 Å². The third-order valence-electron chi connectivity index (χ3n) is 18.6. The number of anilines is 17. The second-order valence-electron chi connectivity index (χ2n) is 25.7. The van der Waals surface area contributed by atoms with Crippen molar-refractivity contribution in [2.75, 3.05) is 48.0 Å². The monoisotopic (exact) mass is 1460 g/mol. The number of para-hydroxylation sites is 5. The van der Waals surface area contributed by atoms with Crippen molar-refractivity contribution in [3.8, 4) is 45.6 Å². The third kappa shape index (κ3) is 12.7. The van der Waals surface area contributed by atoms with Gasteiger partial charge in [0, 0.05) is 62.1 Å². The van der Waals surface area contributed by atoms with Gasteiger partial charge in [0.2, 0.25) is 0 Å². The van der Waals surface area contributed by atoms with Crippen LogP contribution in [0, 0.1) is 40.7 Å². The number of hydrogen-bond donors (Lipinski definition) is 10. The second-order valence-corrected chi connectivity index (χ2v) is 25.7. The zero-order valence-corrected chi connectivity index (χ0v) is 57.3. The van der Waals surface area contributed by atoms with Crippen LogP contribution in [0.2, 0.25) is 0 Å². The van der Waals surface area contributed by atoms with Gasteiger partial charge in [-0.05, 0) is 133 Å². The molecule has 2 aliphatic rings. The second kappa shape index (κ2) is 28.1. The first kappa shape index (κ1) is 66.9. The summed E-state index contributed by atoms with van der Waals surface area (Å²) in [6, 6.07) is 77.6. The van der Waals surface area contributed by atoms with Crippen LogP contribution in [0.5, 0.6) is 0 Å². The van der Waals surface area contributed by atoms with Crippen LogP contribution in [0.25, 0.3) is 89.7 Å². The van der Waals surface area contributed by atoms with E-state index in [-0.39, 0.29) is 91.1 Å². The van der Waals surface area contributed by atoms with E-state index >= 15 is 30.7 Å². The van der Waals surface area contributed by atoms with Crippen LogP contribution in [0.3, 0.4) is 0 Å². The highest BCUT2D eigenvalue weighted by atomic mass is 19.2. The van der Waals surface area contributed by atoms with Crippen LogP contribution in [0.4, 0.5) is 127 Å². The first-order chi connectivity index (χ1) is 53.9. The van der Waals surface area contributed by atoms with Crippen molar-refractivity contribution in [3.05, 3.63) is 320 Å². The van der Waals surface area contributed by atoms with E-state index in [1.807, 2.05) is 170 Å². The molecule has 0 fully saturated rings. The predicted molar refractivity (Wildman–Crippen MR) is 423 cm³/mol. The van der Waals surface area contributed by atoms with E-state index in [0.29, 0.717) is 95.6 Å². The van der Waals surface area contributed by atoms with Crippen LogP contribution >= 0.6 is 0 Å². The Balaban J connectivity index is 1.09. The van der Waals surface area contributed by atoms with E-state index in [1.165, 1.54) is 48.5 Å². The lowest BCUT2D eigenvalue weighted by Gasteiger charge is -2.26. The fourth-order valence-corrected chi connectivity index (χ4v) is 13.6. The summed E-state index contributed by atoms with van der Waals surface area (Å²) in [5, 5.41) is 30.4. The van der Waals surface area contributed by atoms with Crippen molar-refractivity contribution in [1.82, 2.24) is 39.6 Å². The Morgan fingerprint density at radius 1 is 0.264 bits per heavy atom. The minimum atomic E-state index is -1.84. The highest BCUT2D eigenvalue weighted by Crippen LogP contribution is 2.58. The molecule has 17 nitrogen and oxygen atoms in total. The van der Waals surface area contributed by atoms with E-state index in [2.05, 4.69) is 52.9 Å². The largest absolute Gasteiger partial charge is 0.353 e. The SMILES string of the molecule is Fc1ccc(Nc2c(Nc3ccc(F)cc3F)c(Nc3ccc(F)c(F)c3F)c3c(c2Nc2ccccc2)-c2nc-3nc3c4ccccc4c(nc4nc(nc5[nH]c(n2)c2c(Nc6ccccc6)c(Nc6ccccc6)c(Nc6ccccc6)c(Nc6ccccc6)c52)-c2ccccc2-4)n3Nc2ccc(F)cc2)cc1. The topological polar surface area (TPSA) is 206 Å². The summed E-state index contributed by atoms with van der Waals surface area (Å²) < 4.78 is 113. The van der Waals surface area contributed by atoms with Gasteiger partial charge in [0.05, 0.1) is 84.5 Å². The third-order valence-corrected chi connectivity index (χ3v) is 18.6. The summed E-state index contributed by atoms with van der Waals surface area (Å²) in [5.74, 6) is -8.04. The van der Waals surface area contributed by atoms with Gasteiger partial charge in [-0.1, -0.05) is 140 Å². The molecule has 3 aromatic heterocycles. The number of halogens is 7. The Bertz CT molecular complexity index is 6460. The van der Waals surface area contributed by atoms with E-state index in [1.54, 1.807) is 35.0 Å². The molecule has 10 N–H and O–H groups in total. The number of aromatic amines is 1. The highest BCUT2D eigenvalue weighted by molar-refractivity contribution is 6.26. The van der Waals surface area contributed by atoms with Crippen molar-refractivity contribution in [3.63, 3.8) is 0 Å². The number of hydrogen-bond acceptors (Lipinski definition) is 15. The summed E-state index contributed by atoms with van der Waals surface area (Å²) >= 11 is 0. The molecule has 110 heavy (non-hydrogen) atoms. The van der Waals surface area contributed by atoms with E-state index in [0.717, 1.165) is 24.3 Å². The summed E-state index contributed by atoms with van der Waals surface area (Å²) in [6.45, 7) is 0. The first-order valence-electron chi connectivity index (χ1n) is 34.7. The number of fused-ring (bicyclic) bond motifs is 20. The average molecular weight is 1460 g/mol. The average Bonchev–Trinajstić information content (AvgIpc) is 1.53. The van der Waals surface area contributed by atoms with Crippen LogP contribution < -0.4 is 48.0 Å². The summed E-state index contributed by atoms with van der Waals surface area (Å²) in [4.78, 5) is 37.1. The van der Waals surface area contributed by atoms with Gasteiger partial charge in [0.1, 0.15) is 34.6 Å². The van der Waals surface area contributed by atoms with Gasteiger partial charge in [-0.25, -0.2) is 65.3 Å². The standard InChI is InChI=1S/C86H56F7N17/c87-47-34-39-55(40-35-47)99-77-73(96-52-24-10-3-11-25-52)67-68(74(101-64-45-43-61(90)69(92)70(64)93)78(77)100-63-44-38-49(89)46-62(63)91)84-106-83(67)105-82-66-65(71(94-50-20-6-1-7-21-50)75(97-53-26-12-4-13-27-53)76(98-54-28-14-5-15-29-54)72(66)95-51-22-8-2-9-23-51)81(104-82)103-79-57-30-16-17-31-58(57)80(102-79)107-85-59-32-18-19-33-60(59)86(108-84)110(85)109-56-41-36-48(88)37-42-56/h1-46,94-101,109H,(H,102,103,104,105,106,107,108). The van der Waals surface area contributed by atoms with E-state index in [9.17, 15) is 0 Å². The number of nitrogens with one attached hydrogen (secondary N) is 10. The van der Waals surface area contributed by atoms with Crippen LogP contribution in [-0.2, 0) is 0 Å². The van der Waals surface area contributed by atoms with Gasteiger partial charge < -0.3 is 47.5 Å². The molecule has 0 radical (unpaired) electrons. The maximum atomic E-state index is 17.2. The van der Waals surface area contributed by atoms with Crippen molar-refractivity contribution >= 4 is 141 Å². The molecule has 0 atom stereocenters. The Morgan fingerprint density at radius 2 is 0.618 bits per heavy atom. The van der Waals surface area contributed by atoms with Gasteiger partial charge in [0.25, 0.3) is 0 Å². The minimum Gasteiger partial charge on any atom is -0.353 e. The normalized spacial score (nSPS) is 11.4. The first-order valence-corrected chi connectivity index (χ1v) is 34.7. The van der Waals surface area contributed by atoms with Gasteiger partial charge >= 0.3 is 0 Å². The molecule has 18 rings (SSSR count).